The molecule has 1 aromatic heterocycles. The van der Waals surface area contributed by atoms with E-state index in [9.17, 15) is 4.79 Å². The van der Waals surface area contributed by atoms with Gasteiger partial charge in [-0.05, 0) is 29.7 Å². The van der Waals surface area contributed by atoms with Crippen molar-refractivity contribution in [3.05, 3.63) is 106 Å². The molecule has 0 aliphatic heterocycles. The van der Waals surface area contributed by atoms with Gasteiger partial charge in [0.2, 0.25) is 0 Å². The first kappa shape index (κ1) is 14.9. The van der Waals surface area contributed by atoms with E-state index < -0.39 is 0 Å². The first-order chi connectivity index (χ1) is 11.3. The van der Waals surface area contributed by atoms with Gasteiger partial charge < -0.3 is 4.52 Å². The quantitative estimate of drug-likeness (QED) is 0.596. The van der Waals surface area contributed by atoms with E-state index in [1.54, 1.807) is 18.2 Å². The molecular formula is C20H17NO2. The third-order valence-electron chi connectivity index (χ3n) is 3.49. The van der Waals surface area contributed by atoms with Crippen molar-refractivity contribution in [2.45, 2.75) is 6.42 Å². The average molecular weight is 303 g/mol. The minimum Gasteiger partial charge on any atom is -0.338 e. The number of rotatable bonds is 2. The molecule has 0 radical (unpaired) electrons. The summed E-state index contributed by atoms with van der Waals surface area (Å²) < 4.78 is 4.53. The molecule has 0 atom stereocenters. The van der Waals surface area contributed by atoms with Gasteiger partial charge in [0.05, 0.1) is 10.9 Å². The van der Waals surface area contributed by atoms with Crippen LogP contribution in [0.25, 0.3) is 10.9 Å². The summed E-state index contributed by atoms with van der Waals surface area (Å²) in [5.74, 6) is 0. The zero-order valence-corrected chi connectivity index (χ0v) is 12.6. The minimum atomic E-state index is -0.310. The fourth-order valence-corrected chi connectivity index (χ4v) is 2.33. The Balaban J connectivity index is 0.000000140. The van der Waals surface area contributed by atoms with Crippen molar-refractivity contribution in [3.63, 3.8) is 0 Å². The van der Waals surface area contributed by atoms with E-state index >= 15 is 0 Å². The number of H-pyrrole nitrogens is 1. The Labute approximate surface area is 134 Å². The third-order valence-corrected chi connectivity index (χ3v) is 3.49. The summed E-state index contributed by atoms with van der Waals surface area (Å²) in [5.41, 5.74) is 3.17. The predicted octanol–water partition coefficient (Wildman–Crippen LogP) is 4.40. The van der Waals surface area contributed by atoms with Gasteiger partial charge in [0.15, 0.2) is 0 Å². The van der Waals surface area contributed by atoms with E-state index in [1.807, 2.05) is 6.07 Å². The Bertz CT molecular complexity index is 871. The molecule has 0 fully saturated rings. The van der Waals surface area contributed by atoms with Crippen molar-refractivity contribution in [1.29, 1.82) is 0 Å². The first-order valence-electron chi connectivity index (χ1n) is 7.47. The van der Waals surface area contributed by atoms with Crippen molar-refractivity contribution < 1.29 is 4.52 Å². The highest BCUT2D eigenvalue weighted by atomic mass is 16.5. The highest BCUT2D eigenvalue weighted by Crippen LogP contribution is 2.08. The maximum atomic E-state index is 10.8. The van der Waals surface area contributed by atoms with E-state index in [2.05, 4.69) is 70.3 Å². The van der Waals surface area contributed by atoms with Crippen molar-refractivity contribution in [1.82, 2.24) is 5.16 Å². The van der Waals surface area contributed by atoms with Crippen LogP contribution in [0.5, 0.6) is 0 Å². The number of fused-ring (bicyclic) bond motifs is 1. The lowest BCUT2D eigenvalue weighted by Crippen LogP contribution is -1.89. The highest BCUT2D eigenvalue weighted by Gasteiger charge is 1.98. The molecule has 0 aliphatic carbocycles. The van der Waals surface area contributed by atoms with Crippen molar-refractivity contribution in [2.24, 2.45) is 0 Å². The van der Waals surface area contributed by atoms with Gasteiger partial charge in [-0.3, -0.25) is 0 Å². The van der Waals surface area contributed by atoms with Gasteiger partial charge in [0.25, 0.3) is 0 Å². The van der Waals surface area contributed by atoms with Gasteiger partial charge in [0.1, 0.15) is 0 Å². The number of nitrogens with one attached hydrogen (secondary N) is 1. The molecule has 0 spiro atoms. The van der Waals surface area contributed by atoms with E-state index in [0.29, 0.717) is 5.39 Å². The molecule has 0 bridgehead atoms. The average Bonchev–Trinajstić information content (AvgIpc) is 2.99. The molecule has 3 heteroatoms. The first-order valence-corrected chi connectivity index (χ1v) is 7.47. The fourth-order valence-electron chi connectivity index (χ4n) is 2.33. The van der Waals surface area contributed by atoms with Gasteiger partial charge in [-0.15, -0.1) is 0 Å². The van der Waals surface area contributed by atoms with Crippen LogP contribution in [0.2, 0.25) is 0 Å². The van der Waals surface area contributed by atoms with Crippen LogP contribution in [0.4, 0.5) is 0 Å². The van der Waals surface area contributed by atoms with E-state index in [0.717, 1.165) is 11.9 Å². The van der Waals surface area contributed by atoms with Gasteiger partial charge in [-0.25, -0.2) is 9.95 Å². The second-order valence-corrected chi connectivity index (χ2v) is 5.19. The molecule has 114 valence electrons. The predicted molar refractivity (Wildman–Crippen MR) is 92.5 cm³/mol. The maximum absolute atomic E-state index is 10.8. The van der Waals surface area contributed by atoms with Gasteiger partial charge in [-0.2, -0.15) is 0 Å². The second-order valence-electron chi connectivity index (χ2n) is 5.19. The summed E-state index contributed by atoms with van der Waals surface area (Å²) in [7, 11) is 0. The molecule has 0 amide bonds. The minimum absolute atomic E-state index is 0.310. The second kappa shape index (κ2) is 7.27. The molecule has 0 unspecified atom stereocenters. The Kier molecular flexibility index (Phi) is 4.69. The number of hydrogen-bond donors (Lipinski definition) is 1. The van der Waals surface area contributed by atoms with Gasteiger partial charge in [-0.1, -0.05) is 72.8 Å². The van der Waals surface area contributed by atoms with Gasteiger partial charge >= 0.3 is 5.63 Å². The normalized spacial score (nSPS) is 10.1. The zero-order chi connectivity index (χ0) is 15.9. The molecule has 23 heavy (non-hydrogen) atoms. The van der Waals surface area contributed by atoms with Crippen LogP contribution < -0.4 is 5.63 Å². The number of aromatic amines is 1. The molecule has 4 aromatic rings. The van der Waals surface area contributed by atoms with Crippen LogP contribution in [-0.2, 0) is 6.42 Å². The Hall–Kier alpha value is -3.07. The van der Waals surface area contributed by atoms with Crippen molar-refractivity contribution >= 4 is 10.9 Å². The standard InChI is InChI=1S/C13H12.C7H5NO2/c1-3-7-12(8-4-1)11-13-9-5-2-6-10-13;9-7-5-3-1-2-4-6(5)8-10-7/h1-10H,11H2;1-4,8H. The molecular weight excluding hydrogens is 286 g/mol. The molecule has 0 saturated carbocycles. The molecule has 3 nitrogen and oxygen atoms in total. The SMILES string of the molecule is O=c1o[nH]c2ccccc12.c1ccc(Cc2ccccc2)cc1. The van der Waals surface area contributed by atoms with Crippen LogP contribution in [0.1, 0.15) is 11.1 Å². The lowest BCUT2D eigenvalue weighted by atomic mass is 10.1. The van der Waals surface area contributed by atoms with Crippen LogP contribution in [0.15, 0.2) is 94.2 Å². The third kappa shape index (κ3) is 3.98. The van der Waals surface area contributed by atoms with Crippen LogP contribution in [0.3, 0.4) is 0 Å². The monoisotopic (exact) mass is 303 g/mol. The number of aromatic nitrogens is 1. The number of hydrogen-bond acceptors (Lipinski definition) is 2. The maximum Gasteiger partial charge on any atom is 0.365 e. The fraction of sp³-hybridized carbons (Fsp3) is 0.0500. The van der Waals surface area contributed by atoms with E-state index in [-0.39, 0.29) is 5.63 Å². The molecule has 4 rings (SSSR count). The highest BCUT2D eigenvalue weighted by molar-refractivity contribution is 5.76. The Morgan fingerprint density at radius 2 is 1.22 bits per heavy atom. The largest absolute Gasteiger partial charge is 0.365 e. The molecule has 1 N–H and O–H groups in total. The van der Waals surface area contributed by atoms with E-state index in [4.69, 9.17) is 0 Å². The summed E-state index contributed by atoms with van der Waals surface area (Å²) in [6, 6.07) is 28.2. The van der Waals surface area contributed by atoms with Crippen molar-refractivity contribution in [2.75, 3.05) is 0 Å². The topological polar surface area (TPSA) is 46.0 Å². The van der Waals surface area contributed by atoms with Crippen LogP contribution >= 0.6 is 0 Å². The molecule has 1 heterocycles. The Morgan fingerprint density at radius 3 is 1.78 bits per heavy atom. The summed E-state index contributed by atoms with van der Waals surface area (Å²) in [6.45, 7) is 0. The lowest BCUT2D eigenvalue weighted by Gasteiger charge is -2.00. The van der Waals surface area contributed by atoms with Crippen molar-refractivity contribution in [3.8, 4) is 0 Å². The van der Waals surface area contributed by atoms with Crippen LogP contribution in [-0.4, -0.2) is 5.16 Å². The lowest BCUT2D eigenvalue weighted by molar-refractivity contribution is 0.400. The molecule has 3 aromatic carbocycles. The van der Waals surface area contributed by atoms with Crippen LogP contribution in [0, 0.1) is 0 Å². The molecule has 0 aliphatic rings. The summed E-state index contributed by atoms with van der Waals surface area (Å²) in [5, 5.41) is 3.10. The summed E-state index contributed by atoms with van der Waals surface area (Å²) >= 11 is 0. The Morgan fingerprint density at radius 1 is 0.696 bits per heavy atom. The number of para-hydroxylation sites is 1. The van der Waals surface area contributed by atoms with E-state index in [1.165, 1.54) is 11.1 Å². The zero-order valence-electron chi connectivity index (χ0n) is 12.6. The summed E-state index contributed by atoms with van der Waals surface area (Å²) in [6.07, 6.45) is 1.03. The van der Waals surface area contributed by atoms with Gasteiger partial charge in [0, 0.05) is 0 Å². The summed E-state index contributed by atoms with van der Waals surface area (Å²) in [4.78, 5) is 10.8. The number of benzene rings is 3. The molecule has 0 saturated heterocycles. The smallest absolute Gasteiger partial charge is 0.338 e.